The number of amides is 2. The number of carbonyl (C=O) groups is 1. The van der Waals surface area contributed by atoms with Crippen molar-refractivity contribution in [3.63, 3.8) is 0 Å². The number of nitrogens with zero attached hydrogens (tertiary/aromatic N) is 1. The fourth-order valence-corrected chi connectivity index (χ4v) is 3.39. The standard InChI is InChI=1S/C17H25N3O2/c1-17(11-22-12-17)19-16(21)18-8-14-9-20(2)10-15(14)13-6-4-3-5-7-13/h3-7,14-15H,8-12H2,1-2H3,(H2,18,19,21)/t14-,15+/m1/s1. The topological polar surface area (TPSA) is 53.6 Å². The van der Waals surface area contributed by atoms with E-state index in [1.165, 1.54) is 5.56 Å². The fourth-order valence-electron chi connectivity index (χ4n) is 3.39. The van der Waals surface area contributed by atoms with Crippen LogP contribution in [0.1, 0.15) is 18.4 Å². The van der Waals surface area contributed by atoms with Gasteiger partial charge in [-0.25, -0.2) is 4.79 Å². The molecule has 22 heavy (non-hydrogen) atoms. The van der Waals surface area contributed by atoms with Crippen molar-refractivity contribution in [2.75, 3.05) is 39.9 Å². The smallest absolute Gasteiger partial charge is 0.315 e. The first-order valence-corrected chi connectivity index (χ1v) is 7.93. The first kappa shape index (κ1) is 15.3. The first-order valence-electron chi connectivity index (χ1n) is 7.93. The van der Waals surface area contributed by atoms with Gasteiger partial charge in [-0.05, 0) is 25.5 Å². The van der Waals surface area contributed by atoms with Gasteiger partial charge >= 0.3 is 6.03 Å². The third-order valence-electron chi connectivity index (χ3n) is 4.63. The molecule has 1 aromatic rings. The van der Waals surface area contributed by atoms with Crippen LogP contribution in [0.4, 0.5) is 4.79 Å². The van der Waals surface area contributed by atoms with Crippen molar-refractivity contribution in [1.29, 1.82) is 0 Å². The normalized spacial score (nSPS) is 27.2. The van der Waals surface area contributed by atoms with Crippen molar-refractivity contribution in [3.05, 3.63) is 35.9 Å². The van der Waals surface area contributed by atoms with Crippen molar-refractivity contribution >= 4 is 6.03 Å². The van der Waals surface area contributed by atoms with E-state index in [2.05, 4.69) is 46.8 Å². The van der Waals surface area contributed by atoms with Gasteiger partial charge in [-0.15, -0.1) is 0 Å². The molecule has 0 unspecified atom stereocenters. The number of rotatable bonds is 4. The molecule has 120 valence electrons. The van der Waals surface area contributed by atoms with E-state index in [4.69, 9.17) is 4.74 Å². The van der Waals surface area contributed by atoms with Gasteiger partial charge in [0, 0.05) is 25.6 Å². The van der Waals surface area contributed by atoms with Crippen molar-refractivity contribution in [2.45, 2.75) is 18.4 Å². The van der Waals surface area contributed by atoms with Gasteiger partial charge < -0.3 is 20.3 Å². The number of hydrogen-bond acceptors (Lipinski definition) is 3. The van der Waals surface area contributed by atoms with Gasteiger partial charge in [-0.1, -0.05) is 30.3 Å². The third-order valence-corrected chi connectivity index (χ3v) is 4.63. The van der Waals surface area contributed by atoms with Crippen LogP contribution in [0.3, 0.4) is 0 Å². The van der Waals surface area contributed by atoms with Crippen LogP contribution in [-0.2, 0) is 4.74 Å². The molecule has 0 bridgehead atoms. The number of hydrogen-bond donors (Lipinski definition) is 2. The summed E-state index contributed by atoms with van der Waals surface area (Å²) in [5.74, 6) is 0.928. The van der Waals surface area contributed by atoms with Crippen LogP contribution < -0.4 is 10.6 Å². The van der Waals surface area contributed by atoms with Crippen LogP contribution in [-0.4, -0.2) is 56.4 Å². The summed E-state index contributed by atoms with van der Waals surface area (Å²) in [6, 6.07) is 10.5. The Morgan fingerprint density at radius 2 is 2.05 bits per heavy atom. The number of carbonyl (C=O) groups excluding carboxylic acids is 1. The Hall–Kier alpha value is -1.59. The summed E-state index contributed by atoms with van der Waals surface area (Å²) in [6.45, 7) is 5.96. The minimum atomic E-state index is -0.199. The SMILES string of the molecule is CN1C[C@@H](CNC(=O)NC2(C)COC2)[C@H](c2ccccc2)C1. The number of nitrogens with one attached hydrogen (secondary N) is 2. The maximum atomic E-state index is 12.0. The van der Waals surface area contributed by atoms with Gasteiger partial charge in [0.25, 0.3) is 0 Å². The molecule has 5 nitrogen and oxygen atoms in total. The zero-order valence-corrected chi connectivity index (χ0v) is 13.3. The molecule has 0 saturated carbocycles. The lowest BCUT2D eigenvalue weighted by atomic mass is 9.89. The molecule has 0 radical (unpaired) electrons. The highest BCUT2D eigenvalue weighted by atomic mass is 16.5. The molecule has 5 heteroatoms. The minimum Gasteiger partial charge on any atom is -0.376 e. The van der Waals surface area contributed by atoms with E-state index in [9.17, 15) is 4.79 Å². The van der Waals surface area contributed by atoms with Crippen LogP contribution in [0.2, 0.25) is 0 Å². The Morgan fingerprint density at radius 1 is 1.32 bits per heavy atom. The number of ether oxygens (including phenoxy) is 1. The molecular formula is C17H25N3O2. The van der Waals surface area contributed by atoms with Crippen LogP contribution in [0.15, 0.2) is 30.3 Å². The lowest BCUT2D eigenvalue weighted by Crippen LogP contribution is -2.62. The Labute approximate surface area is 132 Å². The molecule has 0 aromatic heterocycles. The zero-order valence-electron chi connectivity index (χ0n) is 13.3. The van der Waals surface area contributed by atoms with Crippen LogP contribution >= 0.6 is 0 Å². The van der Waals surface area contributed by atoms with E-state index in [1.807, 2.05) is 13.0 Å². The monoisotopic (exact) mass is 303 g/mol. The summed E-state index contributed by atoms with van der Waals surface area (Å²) in [6.07, 6.45) is 0. The second-order valence-electron chi connectivity index (χ2n) is 6.89. The lowest BCUT2D eigenvalue weighted by molar-refractivity contribution is -0.0574. The van der Waals surface area contributed by atoms with E-state index in [0.29, 0.717) is 31.6 Å². The Bertz CT molecular complexity index is 516. The molecule has 2 aliphatic heterocycles. The number of likely N-dealkylation sites (N-methyl/N-ethyl adjacent to an activating group) is 1. The minimum absolute atomic E-state index is 0.0906. The number of likely N-dealkylation sites (tertiary alicyclic amines) is 1. The van der Waals surface area contributed by atoms with Crippen molar-refractivity contribution in [2.24, 2.45) is 5.92 Å². The summed E-state index contributed by atoms with van der Waals surface area (Å²) in [5, 5.41) is 6.03. The maximum Gasteiger partial charge on any atom is 0.315 e. The van der Waals surface area contributed by atoms with E-state index in [1.54, 1.807) is 0 Å². The molecule has 1 aromatic carbocycles. The zero-order chi connectivity index (χ0) is 15.6. The van der Waals surface area contributed by atoms with Crippen LogP contribution in [0.5, 0.6) is 0 Å². The fraction of sp³-hybridized carbons (Fsp3) is 0.588. The van der Waals surface area contributed by atoms with Crippen molar-refractivity contribution in [1.82, 2.24) is 15.5 Å². The van der Waals surface area contributed by atoms with Crippen molar-refractivity contribution in [3.8, 4) is 0 Å². The lowest BCUT2D eigenvalue weighted by Gasteiger charge is -2.38. The molecule has 2 fully saturated rings. The highest BCUT2D eigenvalue weighted by molar-refractivity contribution is 5.74. The maximum absolute atomic E-state index is 12.0. The molecule has 2 amide bonds. The van der Waals surface area contributed by atoms with Gasteiger partial charge in [-0.2, -0.15) is 0 Å². The predicted molar refractivity (Wildman–Crippen MR) is 85.9 cm³/mol. The van der Waals surface area contributed by atoms with E-state index < -0.39 is 0 Å². The van der Waals surface area contributed by atoms with Gasteiger partial charge in [0.15, 0.2) is 0 Å². The van der Waals surface area contributed by atoms with Gasteiger partial charge in [-0.3, -0.25) is 0 Å². The third kappa shape index (κ3) is 3.42. The molecule has 0 spiro atoms. The molecule has 2 aliphatic rings. The number of urea groups is 1. The number of benzene rings is 1. The van der Waals surface area contributed by atoms with E-state index in [-0.39, 0.29) is 11.6 Å². The van der Waals surface area contributed by atoms with E-state index >= 15 is 0 Å². The first-order chi connectivity index (χ1) is 10.6. The average molecular weight is 303 g/mol. The summed E-state index contributed by atoms with van der Waals surface area (Å²) in [7, 11) is 2.14. The van der Waals surface area contributed by atoms with Gasteiger partial charge in [0.2, 0.25) is 0 Å². The Balaban J connectivity index is 1.55. The van der Waals surface area contributed by atoms with Crippen molar-refractivity contribution < 1.29 is 9.53 Å². The summed E-state index contributed by atoms with van der Waals surface area (Å²) in [4.78, 5) is 14.4. The Kier molecular flexibility index (Phi) is 4.36. The molecule has 2 atom stereocenters. The van der Waals surface area contributed by atoms with Gasteiger partial charge in [0.1, 0.15) is 0 Å². The largest absolute Gasteiger partial charge is 0.376 e. The second kappa shape index (κ2) is 6.26. The Morgan fingerprint density at radius 3 is 2.68 bits per heavy atom. The van der Waals surface area contributed by atoms with E-state index in [0.717, 1.165) is 13.1 Å². The second-order valence-corrected chi connectivity index (χ2v) is 6.89. The molecule has 3 rings (SSSR count). The van der Waals surface area contributed by atoms with Crippen LogP contribution in [0.25, 0.3) is 0 Å². The highest BCUT2D eigenvalue weighted by Gasteiger charge is 2.36. The average Bonchev–Trinajstić information content (AvgIpc) is 2.85. The molecule has 2 heterocycles. The van der Waals surface area contributed by atoms with Gasteiger partial charge in [0.05, 0.1) is 18.8 Å². The highest BCUT2D eigenvalue weighted by Crippen LogP contribution is 2.31. The molecule has 2 N–H and O–H groups in total. The predicted octanol–water partition coefficient (Wildman–Crippen LogP) is 1.42. The molecule has 0 aliphatic carbocycles. The summed E-state index contributed by atoms with van der Waals surface area (Å²) < 4.78 is 5.16. The summed E-state index contributed by atoms with van der Waals surface area (Å²) >= 11 is 0. The summed E-state index contributed by atoms with van der Waals surface area (Å²) in [5.41, 5.74) is 1.16. The molecule has 2 saturated heterocycles. The van der Waals surface area contributed by atoms with Crippen LogP contribution in [0, 0.1) is 5.92 Å². The molecular weight excluding hydrogens is 278 g/mol. The quantitative estimate of drug-likeness (QED) is 0.884.